The molecule has 0 unspecified atom stereocenters. The maximum Gasteiger partial charge on any atom is 0.215 e. The van der Waals surface area contributed by atoms with Crippen LogP contribution in [0.25, 0.3) is 0 Å². The lowest BCUT2D eigenvalue weighted by molar-refractivity contribution is 0.106. The number of nitrogens with one attached hydrogen (secondary N) is 1. The molecule has 5 nitrogen and oxygen atoms in total. The first-order valence-corrected chi connectivity index (χ1v) is 7.33. The smallest absolute Gasteiger partial charge is 0.215 e. The highest BCUT2D eigenvalue weighted by molar-refractivity contribution is 6.70. The Balaban J connectivity index is 2.30. The summed E-state index contributed by atoms with van der Waals surface area (Å²) >= 11 is 0. The number of aliphatic hydroxyl groups is 1. The molecule has 0 aromatic heterocycles. The molecule has 0 saturated carbocycles. The van der Waals surface area contributed by atoms with Gasteiger partial charge in [0.1, 0.15) is 0 Å². The number of rotatable bonds is 7. The number of carbonyl (C=O) groups excluding carboxylic acids is 1. The largest absolute Gasteiger partial charge is 0.394 e. The fraction of sp³-hybridized carbons (Fsp3) is 0.167. The van der Waals surface area contributed by atoms with E-state index in [0.29, 0.717) is 11.3 Å². The molecule has 2 aromatic rings. The van der Waals surface area contributed by atoms with Crippen molar-refractivity contribution in [3.63, 3.8) is 0 Å². The molecule has 0 aliphatic rings. The van der Waals surface area contributed by atoms with Crippen molar-refractivity contribution in [1.82, 2.24) is 0 Å². The van der Waals surface area contributed by atoms with E-state index in [1.165, 1.54) is 0 Å². The van der Waals surface area contributed by atoms with Gasteiger partial charge < -0.3 is 5.11 Å². The monoisotopic (exact) mass is 309 g/mol. The maximum absolute atomic E-state index is 12.7. The molecule has 0 bridgehead atoms. The normalized spacial score (nSPS) is 12.1. The van der Waals surface area contributed by atoms with Gasteiger partial charge in [0.05, 0.1) is 24.6 Å². The highest BCUT2D eigenvalue weighted by atomic mass is 16.3. The third-order valence-electron chi connectivity index (χ3n) is 3.11. The van der Waals surface area contributed by atoms with Crippen LogP contribution in [0, 0.1) is 0 Å². The molecule has 0 radical (unpaired) electrons. The van der Waals surface area contributed by atoms with Crippen molar-refractivity contribution in [3.05, 3.63) is 66.2 Å². The standard InChI is InChI=1S/C18H19N3O2/c1-14(19-12-13-22)17(18(23)15-8-4-2-5-9-15)21-20-16-10-6-3-7-11-16/h2-11,20,22H,12-13H2,1H3. The third-order valence-corrected chi connectivity index (χ3v) is 3.11. The van der Waals surface area contributed by atoms with E-state index in [-0.39, 0.29) is 24.6 Å². The summed E-state index contributed by atoms with van der Waals surface area (Å²) in [6.45, 7) is 1.87. The van der Waals surface area contributed by atoms with E-state index in [1.54, 1.807) is 31.2 Å². The zero-order chi connectivity index (χ0) is 16.5. The minimum absolute atomic E-state index is 0.0732. The van der Waals surface area contributed by atoms with E-state index in [2.05, 4.69) is 15.5 Å². The Morgan fingerprint density at radius 3 is 2.26 bits per heavy atom. The number of para-hydroxylation sites is 1. The van der Waals surface area contributed by atoms with Gasteiger partial charge in [-0.05, 0) is 19.1 Å². The Kier molecular flexibility index (Phi) is 6.20. The summed E-state index contributed by atoms with van der Waals surface area (Å²) < 4.78 is 0. The number of carbonyl (C=O) groups is 1. The summed E-state index contributed by atoms with van der Waals surface area (Å²) in [5, 5.41) is 13.1. The average molecular weight is 309 g/mol. The molecule has 0 heterocycles. The Labute approximate surface area is 135 Å². The number of hydrogen-bond donors (Lipinski definition) is 2. The summed E-state index contributed by atoms with van der Waals surface area (Å²) in [6.07, 6.45) is 0. The fourth-order valence-corrected chi connectivity index (χ4v) is 1.95. The highest BCUT2D eigenvalue weighted by Crippen LogP contribution is 2.07. The van der Waals surface area contributed by atoms with Crippen molar-refractivity contribution < 1.29 is 9.90 Å². The SMILES string of the molecule is CC(=NCCO)C(=NNc1ccccc1)C(=O)c1ccccc1. The van der Waals surface area contributed by atoms with Gasteiger partial charge >= 0.3 is 0 Å². The Morgan fingerprint density at radius 2 is 1.65 bits per heavy atom. The topological polar surface area (TPSA) is 74.1 Å². The molecule has 118 valence electrons. The summed E-state index contributed by atoms with van der Waals surface area (Å²) in [5.41, 5.74) is 4.91. The van der Waals surface area contributed by atoms with Gasteiger partial charge in [0, 0.05) is 5.56 Å². The lowest BCUT2D eigenvalue weighted by Gasteiger charge is -2.07. The molecule has 0 spiro atoms. The second-order valence-corrected chi connectivity index (χ2v) is 4.82. The molecule has 0 amide bonds. The van der Waals surface area contributed by atoms with Crippen LogP contribution in [0.4, 0.5) is 5.69 Å². The Bertz CT molecular complexity index is 695. The molecule has 5 heteroatoms. The van der Waals surface area contributed by atoms with E-state index >= 15 is 0 Å². The van der Waals surface area contributed by atoms with E-state index in [1.807, 2.05) is 36.4 Å². The van der Waals surface area contributed by atoms with E-state index in [0.717, 1.165) is 5.69 Å². The molecular weight excluding hydrogens is 290 g/mol. The number of anilines is 1. The minimum atomic E-state index is -0.215. The predicted molar refractivity (Wildman–Crippen MR) is 93.3 cm³/mol. The number of ketones is 1. The molecule has 2 aromatic carbocycles. The van der Waals surface area contributed by atoms with Crippen molar-refractivity contribution in [2.24, 2.45) is 10.1 Å². The van der Waals surface area contributed by atoms with E-state index in [9.17, 15) is 4.79 Å². The first-order chi connectivity index (χ1) is 11.2. The number of hydrogen-bond acceptors (Lipinski definition) is 5. The molecule has 23 heavy (non-hydrogen) atoms. The molecule has 0 aliphatic carbocycles. The van der Waals surface area contributed by atoms with Crippen LogP contribution in [0.3, 0.4) is 0 Å². The fourth-order valence-electron chi connectivity index (χ4n) is 1.95. The van der Waals surface area contributed by atoms with Crippen LogP contribution in [-0.2, 0) is 0 Å². The molecule has 0 fully saturated rings. The lowest BCUT2D eigenvalue weighted by Crippen LogP contribution is -2.24. The van der Waals surface area contributed by atoms with Gasteiger partial charge in [-0.3, -0.25) is 15.2 Å². The van der Waals surface area contributed by atoms with Gasteiger partial charge in [0.2, 0.25) is 5.78 Å². The van der Waals surface area contributed by atoms with Gasteiger partial charge in [-0.25, -0.2) is 0 Å². The highest BCUT2D eigenvalue weighted by Gasteiger charge is 2.17. The second kappa shape index (κ2) is 8.60. The maximum atomic E-state index is 12.7. The number of Topliss-reactive ketones (excluding diaryl/α,β-unsaturated/α-hetero) is 1. The summed E-state index contributed by atoms with van der Waals surface area (Å²) in [6, 6.07) is 18.3. The number of benzene rings is 2. The van der Waals surface area contributed by atoms with E-state index in [4.69, 9.17) is 5.11 Å². The molecule has 0 aliphatic heterocycles. The quantitative estimate of drug-likeness (QED) is 0.469. The van der Waals surface area contributed by atoms with Crippen LogP contribution in [0.1, 0.15) is 17.3 Å². The molecule has 2 rings (SSSR count). The molecule has 0 saturated heterocycles. The minimum Gasteiger partial charge on any atom is -0.394 e. The van der Waals surface area contributed by atoms with Crippen LogP contribution in [0.2, 0.25) is 0 Å². The van der Waals surface area contributed by atoms with Gasteiger partial charge in [0.25, 0.3) is 0 Å². The Morgan fingerprint density at radius 1 is 1.04 bits per heavy atom. The van der Waals surface area contributed by atoms with Crippen molar-refractivity contribution >= 4 is 22.9 Å². The number of aliphatic hydroxyl groups excluding tert-OH is 1. The van der Waals surface area contributed by atoms with Crippen LogP contribution >= 0.6 is 0 Å². The Hall–Kier alpha value is -2.79. The number of hydrazone groups is 1. The zero-order valence-corrected chi connectivity index (χ0v) is 12.9. The van der Waals surface area contributed by atoms with Gasteiger partial charge in [0.15, 0.2) is 5.71 Å². The van der Waals surface area contributed by atoms with Crippen LogP contribution in [0.5, 0.6) is 0 Å². The van der Waals surface area contributed by atoms with Crippen molar-refractivity contribution in [3.8, 4) is 0 Å². The lowest BCUT2D eigenvalue weighted by atomic mass is 10.0. The molecular formula is C18H19N3O2. The first-order valence-electron chi connectivity index (χ1n) is 7.33. The summed E-state index contributed by atoms with van der Waals surface area (Å²) in [7, 11) is 0. The van der Waals surface area contributed by atoms with Crippen LogP contribution in [0.15, 0.2) is 70.8 Å². The van der Waals surface area contributed by atoms with Gasteiger partial charge in [-0.15, -0.1) is 0 Å². The van der Waals surface area contributed by atoms with Crippen LogP contribution < -0.4 is 5.43 Å². The number of nitrogens with zero attached hydrogens (tertiary/aromatic N) is 2. The van der Waals surface area contributed by atoms with Crippen molar-refractivity contribution in [2.45, 2.75) is 6.92 Å². The third kappa shape index (κ3) is 4.86. The zero-order valence-electron chi connectivity index (χ0n) is 12.9. The van der Waals surface area contributed by atoms with Crippen LogP contribution in [-0.4, -0.2) is 35.5 Å². The van der Waals surface area contributed by atoms with Gasteiger partial charge in [-0.1, -0.05) is 48.5 Å². The van der Waals surface area contributed by atoms with Gasteiger partial charge in [-0.2, -0.15) is 5.10 Å². The molecule has 0 atom stereocenters. The summed E-state index contributed by atoms with van der Waals surface area (Å²) in [4.78, 5) is 16.8. The predicted octanol–water partition coefficient (Wildman–Crippen LogP) is 2.79. The average Bonchev–Trinajstić information content (AvgIpc) is 2.61. The van der Waals surface area contributed by atoms with Crippen molar-refractivity contribution in [2.75, 3.05) is 18.6 Å². The van der Waals surface area contributed by atoms with Crippen molar-refractivity contribution in [1.29, 1.82) is 0 Å². The summed E-state index contributed by atoms with van der Waals surface area (Å²) in [5.74, 6) is -0.215. The second-order valence-electron chi connectivity index (χ2n) is 4.82. The van der Waals surface area contributed by atoms with E-state index < -0.39 is 0 Å². The number of aliphatic imine (C=N–C) groups is 1. The molecule has 2 N–H and O–H groups in total. The first kappa shape index (κ1) is 16.6.